The molecule has 3 N–H and O–H groups in total. The number of carbonyl (C=O) groups is 1. The maximum Gasteiger partial charge on any atom is 0.472 e. The average Bonchev–Trinajstić information content (AvgIpc) is 2.88. The predicted octanol–water partition coefficient (Wildman–Crippen LogP) is 7.23. The highest BCUT2D eigenvalue weighted by atomic mass is 31.2. The first-order chi connectivity index (χ1) is 17.9. The summed E-state index contributed by atoms with van der Waals surface area (Å²) in [7, 11) is -4.25. The van der Waals surface area contributed by atoms with Crippen molar-refractivity contribution in [1.29, 1.82) is 0 Å². The third-order valence-corrected chi connectivity index (χ3v) is 6.90. The Bertz CT molecular complexity index is 589. The number of phosphoric acid groups is 1. The molecule has 0 aliphatic heterocycles. The number of nitrogens with two attached hydrogens (primary N) is 1. The molecule has 0 amide bonds. The Morgan fingerprint density at radius 2 is 1.41 bits per heavy atom. The van der Waals surface area contributed by atoms with Crippen LogP contribution in [0, 0.1) is 0 Å². The van der Waals surface area contributed by atoms with E-state index >= 15 is 0 Å². The molecule has 0 heterocycles. The Labute approximate surface area is 226 Å². The maximum atomic E-state index is 12.3. The molecule has 0 radical (unpaired) electrons. The summed E-state index contributed by atoms with van der Waals surface area (Å²) >= 11 is 0. The fourth-order valence-corrected chi connectivity index (χ4v) is 4.53. The number of ether oxygens (including phenoxy) is 2. The average molecular weight is 550 g/mol. The number of hydrogen-bond donors (Lipinski definition) is 2. The van der Waals surface area contributed by atoms with Gasteiger partial charge in [-0.05, 0) is 32.1 Å². The molecule has 2 unspecified atom stereocenters. The molecule has 0 bridgehead atoms. The van der Waals surface area contributed by atoms with Crippen LogP contribution >= 0.6 is 7.82 Å². The number of hydrogen-bond acceptors (Lipinski definition) is 7. The van der Waals surface area contributed by atoms with E-state index in [1.165, 1.54) is 51.4 Å². The van der Waals surface area contributed by atoms with E-state index in [2.05, 4.69) is 26.0 Å². The van der Waals surface area contributed by atoms with Crippen molar-refractivity contribution in [1.82, 2.24) is 0 Å². The number of allylic oxidation sites excluding steroid dienone is 2. The standard InChI is InChI=1S/C28H56NO7P/c1-3-5-7-9-11-13-14-15-17-19-21-28(30)36-27(26-35-37(31,32)34-24-22-29)25-33-23-20-18-16-12-10-8-6-4-2/h7,9,27H,3-6,8,10-26,29H2,1-2H3,(H,31,32)/b9-7-. The molecule has 0 rings (SSSR count). The predicted molar refractivity (Wildman–Crippen MR) is 150 cm³/mol. The molecule has 0 aromatic heterocycles. The van der Waals surface area contributed by atoms with E-state index in [4.69, 9.17) is 24.3 Å². The van der Waals surface area contributed by atoms with E-state index < -0.39 is 13.9 Å². The van der Waals surface area contributed by atoms with Crippen LogP contribution in [0.1, 0.15) is 123 Å². The zero-order valence-corrected chi connectivity index (χ0v) is 24.6. The number of phosphoric ester groups is 1. The Morgan fingerprint density at radius 1 is 0.784 bits per heavy atom. The van der Waals surface area contributed by atoms with Crippen LogP contribution in [0.15, 0.2) is 12.2 Å². The molecule has 0 aromatic carbocycles. The van der Waals surface area contributed by atoms with E-state index in [1.807, 2.05) is 0 Å². The van der Waals surface area contributed by atoms with Crippen LogP contribution < -0.4 is 5.73 Å². The molecule has 8 nitrogen and oxygen atoms in total. The van der Waals surface area contributed by atoms with Crippen LogP contribution in [0.3, 0.4) is 0 Å². The number of esters is 1. The quantitative estimate of drug-likeness (QED) is 0.0454. The summed E-state index contributed by atoms with van der Waals surface area (Å²) < 4.78 is 32.9. The zero-order chi connectivity index (χ0) is 27.5. The second-order valence-corrected chi connectivity index (χ2v) is 11.1. The monoisotopic (exact) mass is 549 g/mol. The van der Waals surface area contributed by atoms with Crippen LogP contribution in [-0.4, -0.2) is 49.9 Å². The van der Waals surface area contributed by atoms with Gasteiger partial charge in [-0.3, -0.25) is 13.8 Å². The first-order valence-corrected chi connectivity index (χ1v) is 16.2. The van der Waals surface area contributed by atoms with Crippen molar-refractivity contribution >= 4 is 13.8 Å². The lowest BCUT2D eigenvalue weighted by molar-refractivity contribution is -0.154. The van der Waals surface area contributed by atoms with Gasteiger partial charge in [0.1, 0.15) is 6.10 Å². The van der Waals surface area contributed by atoms with Gasteiger partial charge in [-0.1, -0.05) is 96.6 Å². The molecular weight excluding hydrogens is 493 g/mol. The summed E-state index contributed by atoms with van der Waals surface area (Å²) in [6, 6.07) is 0. The van der Waals surface area contributed by atoms with E-state index in [0.717, 1.165) is 51.4 Å². The van der Waals surface area contributed by atoms with Crippen molar-refractivity contribution in [2.24, 2.45) is 5.73 Å². The summed E-state index contributed by atoms with van der Waals surface area (Å²) in [4.78, 5) is 22.1. The van der Waals surface area contributed by atoms with Gasteiger partial charge in [-0.15, -0.1) is 0 Å². The summed E-state index contributed by atoms with van der Waals surface area (Å²) in [5.41, 5.74) is 5.31. The summed E-state index contributed by atoms with van der Waals surface area (Å²) in [5.74, 6) is -0.345. The van der Waals surface area contributed by atoms with Crippen molar-refractivity contribution in [3.63, 3.8) is 0 Å². The maximum absolute atomic E-state index is 12.3. The fraction of sp³-hybridized carbons (Fsp3) is 0.893. The van der Waals surface area contributed by atoms with Gasteiger partial charge in [0.2, 0.25) is 0 Å². The van der Waals surface area contributed by atoms with Gasteiger partial charge in [-0.25, -0.2) is 4.57 Å². The highest BCUT2D eigenvalue weighted by Crippen LogP contribution is 2.43. The van der Waals surface area contributed by atoms with Gasteiger partial charge in [0, 0.05) is 19.6 Å². The van der Waals surface area contributed by atoms with Gasteiger partial charge in [-0.2, -0.15) is 0 Å². The molecule has 9 heteroatoms. The minimum atomic E-state index is -4.25. The first kappa shape index (κ1) is 36.2. The van der Waals surface area contributed by atoms with Gasteiger partial charge < -0.3 is 20.1 Å². The SMILES string of the molecule is CCC/C=C\CCCCCCCC(=O)OC(COCCCCCCCCCC)COP(=O)(O)OCCN. The van der Waals surface area contributed by atoms with Gasteiger partial charge in [0.05, 0.1) is 19.8 Å². The third-order valence-electron chi connectivity index (χ3n) is 5.91. The number of rotatable bonds is 28. The molecule has 220 valence electrons. The minimum absolute atomic E-state index is 0.0950. The van der Waals surface area contributed by atoms with Crippen molar-refractivity contribution in [2.45, 2.75) is 129 Å². The Kier molecular flexibility index (Phi) is 26.3. The van der Waals surface area contributed by atoms with Gasteiger partial charge >= 0.3 is 13.8 Å². The van der Waals surface area contributed by atoms with Crippen molar-refractivity contribution < 1.29 is 32.8 Å². The molecule has 0 fully saturated rings. The lowest BCUT2D eigenvalue weighted by Gasteiger charge is -2.20. The Morgan fingerprint density at radius 3 is 2.08 bits per heavy atom. The van der Waals surface area contributed by atoms with Crippen molar-refractivity contribution in [2.75, 3.05) is 33.0 Å². The first-order valence-electron chi connectivity index (χ1n) is 14.7. The second kappa shape index (κ2) is 26.8. The smallest absolute Gasteiger partial charge is 0.457 e. The van der Waals surface area contributed by atoms with Crippen molar-refractivity contribution in [3.05, 3.63) is 12.2 Å². The highest BCUT2D eigenvalue weighted by Gasteiger charge is 2.25. The van der Waals surface area contributed by atoms with Gasteiger partial charge in [0.15, 0.2) is 0 Å². The molecule has 0 aliphatic rings. The normalized spacial score (nSPS) is 14.2. The number of carbonyl (C=O) groups excluding carboxylic acids is 1. The second-order valence-electron chi connectivity index (χ2n) is 9.61. The topological polar surface area (TPSA) is 117 Å². The molecule has 0 spiro atoms. The zero-order valence-electron chi connectivity index (χ0n) is 23.7. The van der Waals surface area contributed by atoms with Gasteiger partial charge in [0.25, 0.3) is 0 Å². The molecule has 37 heavy (non-hydrogen) atoms. The Hall–Kier alpha value is -0.760. The molecular formula is C28H56NO7P. The number of unbranched alkanes of at least 4 members (excludes halogenated alkanes) is 13. The lowest BCUT2D eigenvalue weighted by Crippen LogP contribution is -2.28. The molecule has 0 saturated heterocycles. The molecule has 0 aliphatic carbocycles. The van der Waals surface area contributed by atoms with Crippen LogP contribution in [0.25, 0.3) is 0 Å². The highest BCUT2D eigenvalue weighted by molar-refractivity contribution is 7.47. The summed E-state index contributed by atoms with van der Waals surface area (Å²) in [6.45, 7) is 4.80. The van der Waals surface area contributed by atoms with Crippen LogP contribution in [0.2, 0.25) is 0 Å². The lowest BCUT2D eigenvalue weighted by atomic mass is 10.1. The van der Waals surface area contributed by atoms with E-state index in [9.17, 15) is 14.3 Å². The summed E-state index contributed by atoms with van der Waals surface area (Å²) in [5, 5.41) is 0. The summed E-state index contributed by atoms with van der Waals surface area (Å²) in [6.07, 6.45) is 22.3. The molecule has 2 atom stereocenters. The minimum Gasteiger partial charge on any atom is -0.457 e. The van der Waals surface area contributed by atoms with E-state index in [0.29, 0.717) is 13.0 Å². The molecule has 0 aromatic rings. The van der Waals surface area contributed by atoms with Crippen LogP contribution in [-0.2, 0) is 27.9 Å². The van der Waals surface area contributed by atoms with E-state index in [-0.39, 0.29) is 32.3 Å². The molecule has 0 saturated carbocycles. The van der Waals surface area contributed by atoms with E-state index in [1.54, 1.807) is 0 Å². The van der Waals surface area contributed by atoms with Crippen LogP contribution in [0.5, 0.6) is 0 Å². The van der Waals surface area contributed by atoms with Crippen molar-refractivity contribution in [3.8, 4) is 0 Å². The Balaban J connectivity index is 4.22. The fourth-order valence-electron chi connectivity index (χ4n) is 3.76. The largest absolute Gasteiger partial charge is 0.472 e. The third kappa shape index (κ3) is 26.6. The van der Waals surface area contributed by atoms with Crippen LogP contribution in [0.4, 0.5) is 0 Å².